The molecule has 1 fully saturated rings. The summed E-state index contributed by atoms with van der Waals surface area (Å²) in [6, 6.07) is 3.75. The first-order chi connectivity index (χ1) is 12.2. The first-order valence-corrected chi connectivity index (χ1v) is 9.12. The molecule has 1 aromatic rings. The number of nitro groups is 1. The van der Waals surface area contributed by atoms with Crippen LogP contribution in [-0.2, 0) is 15.1 Å². The molecule has 0 spiro atoms. The lowest BCUT2D eigenvalue weighted by atomic mass is 10.3. The van der Waals surface area contributed by atoms with Crippen LogP contribution in [0.4, 0.5) is 10.1 Å². The van der Waals surface area contributed by atoms with Crippen molar-refractivity contribution in [3.05, 3.63) is 50.1 Å². The Balaban J connectivity index is 2.22. The van der Waals surface area contributed by atoms with Gasteiger partial charge in [0.1, 0.15) is 11.5 Å². The Morgan fingerprint density at radius 2 is 2.19 bits per heavy atom. The van der Waals surface area contributed by atoms with Gasteiger partial charge in [-0.3, -0.25) is 4.99 Å². The van der Waals surface area contributed by atoms with E-state index in [1.807, 2.05) is 4.72 Å². The van der Waals surface area contributed by atoms with Gasteiger partial charge in [0.2, 0.25) is 5.70 Å². The third kappa shape index (κ3) is 5.60. The molecule has 12 nitrogen and oxygen atoms in total. The van der Waals surface area contributed by atoms with Gasteiger partial charge in [-0.05, 0) is 33.0 Å². The van der Waals surface area contributed by atoms with Crippen LogP contribution in [0.5, 0.6) is 0 Å². The Labute approximate surface area is 155 Å². The number of nitrogens with two attached hydrogens (primary N) is 1. The van der Waals surface area contributed by atoms with Crippen molar-refractivity contribution in [2.75, 3.05) is 18.4 Å². The summed E-state index contributed by atoms with van der Waals surface area (Å²) in [6.45, 7) is -0.191. The van der Waals surface area contributed by atoms with Crippen LogP contribution in [0.2, 0.25) is 0 Å². The zero-order chi connectivity index (χ0) is 19.3. The summed E-state index contributed by atoms with van der Waals surface area (Å²) in [5, 5.41) is 18.7. The van der Waals surface area contributed by atoms with E-state index in [2.05, 4.69) is 37.2 Å². The van der Waals surface area contributed by atoms with Gasteiger partial charge >= 0.3 is 5.82 Å². The fraction of sp³-hybridized carbons (Fsp3) is 0.182. The summed E-state index contributed by atoms with van der Waals surface area (Å²) in [5.41, 5.74) is 4.68. The summed E-state index contributed by atoms with van der Waals surface area (Å²) >= 11 is 2.98. The number of nitrogens with zero attached hydrogens (tertiary/aromatic N) is 2. The molecule has 1 saturated heterocycles. The van der Waals surface area contributed by atoms with Crippen LogP contribution < -0.4 is 26.1 Å². The van der Waals surface area contributed by atoms with E-state index in [1.165, 1.54) is 12.1 Å². The number of halogens is 2. The molecule has 0 amide bonds. The molecule has 0 radical (unpaired) electrons. The van der Waals surface area contributed by atoms with Crippen molar-refractivity contribution >= 4 is 37.7 Å². The second kappa shape index (κ2) is 8.37. The van der Waals surface area contributed by atoms with Crippen LogP contribution >= 0.6 is 15.9 Å². The van der Waals surface area contributed by atoms with Gasteiger partial charge in [-0.2, -0.15) is 13.4 Å². The van der Waals surface area contributed by atoms with Gasteiger partial charge in [0, 0.05) is 12.6 Å². The number of aliphatic imine (C=N–C) groups is 1. The second-order valence-corrected chi connectivity index (χ2v) is 6.94. The number of benzene rings is 1. The minimum atomic E-state index is -3.87. The predicted octanol–water partition coefficient (Wildman–Crippen LogP) is -0.323. The molecular formula is C11H13BrFN7O5S. The van der Waals surface area contributed by atoms with Crippen LogP contribution in [0.25, 0.3) is 0 Å². The number of rotatable bonds is 7. The minimum absolute atomic E-state index is 0.0402. The Morgan fingerprint density at radius 3 is 2.81 bits per heavy atom. The number of anilines is 1. The van der Waals surface area contributed by atoms with Crippen molar-refractivity contribution in [3.8, 4) is 0 Å². The summed E-state index contributed by atoms with van der Waals surface area (Å²) in [6.07, 6.45) is 0. The topological polar surface area (TPSA) is 173 Å². The second-order valence-electron chi connectivity index (χ2n) is 4.71. The third-order valence-electron chi connectivity index (χ3n) is 2.82. The number of hydrogen-bond acceptors (Lipinski definition) is 8. The monoisotopic (exact) mass is 453 g/mol. The molecule has 0 bridgehead atoms. The molecule has 142 valence electrons. The summed E-state index contributed by atoms with van der Waals surface area (Å²) in [7, 11) is -3.87. The number of hydrogen-bond donors (Lipinski definition) is 5. The van der Waals surface area contributed by atoms with E-state index in [1.54, 1.807) is 0 Å². The molecule has 0 saturated carbocycles. The van der Waals surface area contributed by atoms with Crippen molar-refractivity contribution < 1.29 is 22.7 Å². The summed E-state index contributed by atoms with van der Waals surface area (Å²) in [5.74, 6) is -1.09. The fourth-order valence-corrected chi connectivity index (χ4v) is 2.52. The molecule has 1 aliphatic rings. The maximum atomic E-state index is 13.3. The largest absolute Gasteiger partial charge is 0.358 e. The van der Waals surface area contributed by atoms with Crippen LogP contribution in [-0.4, -0.2) is 32.3 Å². The Bertz CT molecular complexity index is 876. The molecule has 0 aromatic heterocycles. The number of nitrogens with one attached hydrogen (secondary N) is 4. The number of amidine groups is 1. The summed E-state index contributed by atoms with van der Waals surface area (Å²) < 4.78 is 36.9. The minimum Gasteiger partial charge on any atom is -0.358 e. The van der Waals surface area contributed by atoms with Crippen molar-refractivity contribution in [1.82, 2.24) is 15.7 Å². The normalized spacial score (nSPS) is 17.6. The van der Waals surface area contributed by atoms with Crippen molar-refractivity contribution in [2.45, 2.75) is 0 Å². The average molecular weight is 454 g/mol. The van der Waals surface area contributed by atoms with E-state index < -0.39 is 26.8 Å². The van der Waals surface area contributed by atoms with Gasteiger partial charge in [-0.25, -0.2) is 30.5 Å². The molecule has 6 N–H and O–H groups in total. The highest BCUT2D eigenvalue weighted by Crippen LogP contribution is 2.22. The van der Waals surface area contributed by atoms with Crippen molar-refractivity contribution in [2.24, 2.45) is 10.1 Å². The highest BCUT2D eigenvalue weighted by atomic mass is 79.9. The van der Waals surface area contributed by atoms with Gasteiger partial charge in [0.05, 0.1) is 11.0 Å². The zero-order valence-corrected chi connectivity index (χ0v) is 15.2. The van der Waals surface area contributed by atoms with Crippen molar-refractivity contribution in [3.63, 3.8) is 0 Å². The maximum absolute atomic E-state index is 13.3. The molecule has 0 atom stereocenters. The van der Waals surface area contributed by atoms with Crippen LogP contribution in [0.3, 0.4) is 0 Å². The van der Waals surface area contributed by atoms with E-state index in [-0.39, 0.29) is 34.8 Å². The maximum Gasteiger partial charge on any atom is 0.350 e. The molecule has 1 aliphatic heterocycles. The lowest BCUT2D eigenvalue weighted by Gasteiger charge is -2.06. The lowest BCUT2D eigenvalue weighted by Crippen LogP contribution is -2.33. The molecule has 1 aromatic carbocycles. The van der Waals surface area contributed by atoms with Crippen LogP contribution in [0.1, 0.15) is 0 Å². The Kier molecular flexibility index (Phi) is 6.43. The average Bonchev–Trinajstić information content (AvgIpc) is 2.99. The van der Waals surface area contributed by atoms with E-state index in [0.717, 1.165) is 6.07 Å². The van der Waals surface area contributed by atoms with Crippen molar-refractivity contribution in [1.29, 1.82) is 0 Å². The smallest absolute Gasteiger partial charge is 0.350 e. The lowest BCUT2D eigenvalue weighted by molar-refractivity contribution is -0.423. The van der Waals surface area contributed by atoms with Crippen LogP contribution in [0.15, 0.2) is 39.2 Å². The highest BCUT2D eigenvalue weighted by Gasteiger charge is 2.28. The third-order valence-corrected chi connectivity index (χ3v) is 4.04. The predicted molar refractivity (Wildman–Crippen MR) is 92.5 cm³/mol. The van der Waals surface area contributed by atoms with Gasteiger partial charge in [-0.15, -0.1) is 0 Å². The summed E-state index contributed by atoms with van der Waals surface area (Å²) in [4.78, 5) is 19.3. The Hall–Kier alpha value is -2.33. The number of hydroxylamine groups is 2. The van der Waals surface area contributed by atoms with Gasteiger partial charge < -0.3 is 10.1 Å². The molecule has 26 heavy (non-hydrogen) atoms. The molecule has 0 unspecified atom stereocenters. The molecular weight excluding hydrogens is 441 g/mol. The first-order valence-electron chi connectivity index (χ1n) is 6.78. The fourth-order valence-electron chi connectivity index (χ4n) is 1.76. The molecule has 0 aliphatic carbocycles. The first kappa shape index (κ1) is 20.0. The van der Waals surface area contributed by atoms with Gasteiger partial charge in [0.15, 0.2) is 5.84 Å². The quantitative estimate of drug-likeness (QED) is 0.212. The standard InChI is InChI=1S/C11H13BrFN7O5S/c12-7-5-6(1-2-8(7)13)17-11(20(21)22)9-10(19-25-18-9)15-3-4-16-26(14,23)24/h1-2,5,16-18H,3-4H2,(H,15,19)(H2,14,23,24)/b11-9+. The molecule has 2 rings (SSSR count). The van der Waals surface area contributed by atoms with Gasteiger partial charge in [0.25, 0.3) is 10.2 Å². The van der Waals surface area contributed by atoms with E-state index in [9.17, 15) is 22.9 Å². The SMILES string of the molecule is NS(=O)(=O)NCCN=C1NON/C1=C(\Nc1ccc(F)c(Br)c1)[N+](=O)[O-]. The van der Waals surface area contributed by atoms with E-state index >= 15 is 0 Å². The molecule has 15 heteroatoms. The highest BCUT2D eigenvalue weighted by molar-refractivity contribution is 9.10. The van der Waals surface area contributed by atoms with Gasteiger partial charge in [-0.1, -0.05) is 0 Å². The Morgan fingerprint density at radius 1 is 1.46 bits per heavy atom. The molecule has 1 heterocycles. The van der Waals surface area contributed by atoms with E-state index in [4.69, 9.17) is 10.1 Å². The van der Waals surface area contributed by atoms with E-state index in [0.29, 0.717) is 0 Å². The zero-order valence-electron chi connectivity index (χ0n) is 12.8. The van der Waals surface area contributed by atoms with Crippen LogP contribution in [0, 0.1) is 15.9 Å².